The Hall–Kier alpha value is -2.63. The smallest absolute Gasteiger partial charge is 0.286 e. The second kappa shape index (κ2) is 5.78. The van der Waals surface area contributed by atoms with Crippen molar-refractivity contribution in [3.05, 3.63) is 41.9 Å². The van der Waals surface area contributed by atoms with Crippen LogP contribution < -0.4 is 19.5 Å². The van der Waals surface area contributed by atoms with E-state index in [1.54, 1.807) is 30.3 Å². The molecule has 0 aliphatic carbocycles. The molecule has 21 heavy (non-hydrogen) atoms. The lowest BCUT2D eigenvalue weighted by Gasteiger charge is -2.05. The van der Waals surface area contributed by atoms with Crippen molar-refractivity contribution in [2.45, 2.75) is 13.5 Å². The summed E-state index contributed by atoms with van der Waals surface area (Å²) in [6, 6.07) is 8.69. The van der Waals surface area contributed by atoms with Crippen LogP contribution in [0.4, 0.5) is 0 Å². The van der Waals surface area contributed by atoms with E-state index in [4.69, 9.17) is 18.6 Å². The summed E-state index contributed by atoms with van der Waals surface area (Å²) in [5.74, 6) is 2.64. The van der Waals surface area contributed by atoms with Crippen LogP contribution >= 0.6 is 0 Å². The van der Waals surface area contributed by atoms with Crippen LogP contribution in [0, 0.1) is 0 Å². The summed E-state index contributed by atoms with van der Waals surface area (Å²) in [5, 5.41) is 2.67. The van der Waals surface area contributed by atoms with E-state index in [2.05, 4.69) is 5.32 Å². The maximum atomic E-state index is 11.6. The number of carbonyl (C=O) groups excluding carboxylic acids is 1. The number of ether oxygens (including phenoxy) is 3. The molecule has 6 nitrogen and oxygen atoms in total. The summed E-state index contributed by atoms with van der Waals surface area (Å²) in [5.41, 5.74) is 0. The number of nitrogens with one attached hydrogen (secondary N) is 1. The molecule has 6 heteroatoms. The Morgan fingerprint density at radius 3 is 2.95 bits per heavy atom. The molecule has 0 bridgehead atoms. The standard InChI is InChI=1S/C15H15NO5/c1-2-16-15(17)13-6-4-11(21-13)8-18-10-3-5-12-14(7-10)20-9-19-12/h3-7H,2,8-9H2,1H3,(H,16,17). The van der Waals surface area contributed by atoms with Crippen molar-refractivity contribution in [1.29, 1.82) is 0 Å². The molecule has 1 aromatic heterocycles. The zero-order valence-corrected chi connectivity index (χ0v) is 11.5. The molecule has 0 saturated heterocycles. The Balaban J connectivity index is 1.61. The van der Waals surface area contributed by atoms with Crippen LogP contribution in [0.2, 0.25) is 0 Å². The van der Waals surface area contributed by atoms with E-state index in [-0.39, 0.29) is 25.1 Å². The van der Waals surface area contributed by atoms with Gasteiger partial charge in [-0.1, -0.05) is 0 Å². The van der Waals surface area contributed by atoms with Crippen LogP contribution in [0.5, 0.6) is 17.2 Å². The summed E-state index contributed by atoms with van der Waals surface area (Å²) in [6.45, 7) is 2.87. The van der Waals surface area contributed by atoms with Crippen LogP contribution in [0.3, 0.4) is 0 Å². The first-order valence-corrected chi connectivity index (χ1v) is 6.65. The lowest BCUT2D eigenvalue weighted by molar-refractivity contribution is 0.0924. The van der Waals surface area contributed by atoms with E-state index < -0.39 is 0 Å². The van der Waals surface area contributed by atoms with Gasteiger partial charge >= 0.3 is 0 Å². The highest BCUT2D eigenvalue weighted by molar-refractivity contribution is 5.91. The molecular weight excluding hydrogens is 274 g/mol. The molecule has 1 aliphatic rings. The van der Waals surface area contributed by atoms with Gasteiger partial charge in [-0.3, -0.25) is 4.79 Å². The lowest BCUT2D eigenvalue weighted by Crippen LogP contribution is -2.21. The summed E-state index contributed by atoms with van der Waals surface area (Å²) in [4.78, 5) is 11.6. The molecule has 0 fully saturated rings. The van der Waals surface area contributed by atoms with Crippen molar-refractivity contribution in [2.24, 2.45) is 0 Å². The quantitative estimate of drug-likeness (QED) is 0.914. The molecule has 1 aromatic carbocycles. The minimum atomic E-state index is -0.230. The van der Waals surface area contributed by atoms with Gasteiger partial charge in [0.05, 0.1) is 0 Å². The molecule has 0 saturated carbocycles. The van der Waals surface area contributed by atoms with E-state index >= 15 is 0 Å². The van der Waals surface area contributed by atoms with Crippen molar-refractivity contribution in [3.63, 3.8) is 0 Å². The molecule has 0 radical (unpaired) electrons. The minimum absolute atomic E-state index is 0.229. The highest BCUT2D eigenvalue weighted by atomic mass is 16.7. The van der Waals surface area contributed by atoms with Gasteiger partial charge in [-0.05, 0) is 31.2 Å². The third kappa shape index (κ3) is 2.94. The summed E-state index contributed by atoms with van der Waals surface area (Å²) in [7, 11) is 0. The van der Waals surface area contributed by atoms with Crippen LogP contribution in [-0.2, 0) is 6.61 Å². The molecule has 110 valence electrons. The second-order valence-electron chi connectivity index (χ2n) is 4.43. The Morgan fingerprint density at radius 1 is 1.24 bits per heavy atom. The number of furan rings is 1. The molecule has 1 amide bonds. The molecule has 0 spiro atoms. The molecule has 3 rings (SSSR count). The normalized spacial score (nSPS) is 12.2. The SMILES string of the molecule is CCNC(=O)c1ccc(COc2ccc3c(c2)OCO3)o1. The Bertz CT molecular complexity index is 649. The molecule has 0 atom stereocenters. The van der Waals surface area contributed by atoms with Gasteiger partial charge in [-0.2, -0.15) is 0 Å². The van der Waals surface area contributed by atoms with Crippen LogP contribution in [-0.4, -0.2) is 19.2 Å². The number of fused-ring (bicyclic) bond motifs is 1. The first-order chi connectivity index (χ1) is 10.3. The predicted octanol–water partition coefficient (Wildman–Crippen LogP) is 2.34. The van der Waals surface area contributed by atoms with Crippen molar-refractivity contribution in [3.8, 4) is 17.2 Å². The fraction of sp³-hybridized carbons (Fsp3) is 0.267. The first kappa shape index (κ1) is 13.4. The van der Waals surface area contributed by atoms with E-state index in [9.17, 15) is 4.79 Å². The van der Waals surface area contributed by atoms with E-state index in [1.807, 2.05) is 6.92 Å². The van der Waals surface area contributed by atoms with E-state index in [0.29, 0.717) is 29.6 Å². The number of hydrogen-bond acceptors (Lipinski definition) is 5. The number of amides is 1. The van der Waals surface area contributed by atoms with Gasteiger partial charge in [0.15, 0.2) is 17.3 Å². The van der Waals surface area contributed by atoms with Gasteiger partial charge in [-0.15, -0.1) is 0 Å². The molecule has 1 aliphatic heterocycles. The third-order valence-electron chi connectivity index (χ3n) is 2.95. The van der Waals surface area contributed by atoms with Crippen molar-refractivity contribution >= 4 is 5.91 Å². The van der Waals surface area contributed by atoms with Crippen molar-refractivity contribution in [2.75, 3.05) is 13.3 Å². The van der Waals surface area contributed by atoms with Crippen LogP contribution in [0.25, 0.3) is 0 Å². The van der Waals surface area contributed by atoms with Gasteiger partial charge in [0.25, 0.3) is 5.91 Å². The van der Waals surface area contributed by atoms with Crippen LogP contribution in [0.15, 0.2) is 34.7 Å². The van der Waals surface area contributed by atoms with Crippen molar-refractivity contribution in [1.82, 2.24) is 5.32 Å². The summed E-state index contributed by atoms with van der Waals surface area (Å²) < 4.78 is 21.5. The predicted molar refractivity (Wildman–Crippen MR) is 73.6 cm³/mol. The lowest BCUT2D eigenvalue weighted by atomic mass is 10.3. The maximum absolute atomic E-state index is 11.6. The maximum Gasteiger partial charge on any atom is 0.286 e. The average molecular weight is 289 g/mol. The average Bonchev–Trinajstić information content (AvgIpc) is 3.14. The van der Waals surface area contributed by atoms with Crippen molar-refractivity contribution < 1.29 is 23.4 Å². The number of benzene rings is 1. The fourth-order valence-corrected chi connectivity index (χ4v) is 1.95. The Morgan fingerprint density at radius 2 is 2.10 bits per heavy atom. The number of carbonyl (C=O) groups is 1. The molecule has 0 unspecified atom stereocenters. The first-order valence-electron chi connectivity index (χ1n) is 6.65. The second-order valence-corrected chi connectivity index (χ2v) is 4.43. The van der Waals surface area contributed by atoms with Gasteiger partial charge in [0.2, 0.25) is 6.79 Å². The zero-order chi connectivity index (χ0) is 14.7. The highest BCUT2D eigenvalue weighted by Gasteiger charge is 2.14. The van der Waals surface area contributed by atoms with E-state index in [0.717, 1.165) is 0 Å². The summed E-state index contributed by atoms with van der Waals surface area (Å²) >= 11 is 0. The molecular formula is C15H15NO5. The largest absolute Gasteiger partial charge is 0.486 e. The number of hydrogen-bond donors (Lipinski definition) is 1. The Kier molecular flexibility index (Phi) is 3.68. The van der Waals surface area contributed by atoms with Gasteiger partial charge in [0, 0.05) is 12.6 Å². The Labute approximate surface area is 121 Å². The van der Waals surface area contributed by atoms with Gasteiger partial charge in [-0.25, -0.2) is 0 Å². The summed E-state index contributed by atoms with van der Waals surface area (Å²) in [6.07, 6.45) is 0. The molecule has 2 aromatic rings. The van der Waals surface area contributed by atoms with Gasteiger partial charge in [0.1, 0.15) is 18.1 Å². The van der Waals surface area contributed by atoms with E-state index in [1.165, 1.54) is 0 Å². The monoisotopic (exact) mass is 289 g/mol. The fourth-order valence-electron chi connectivity index (χ4n) is 1.95. The van der Waals surface area contributed by atoms with Gasteiger partial charge < -0.3 is 23.9 Å². The minimum Gasteiger partial charge on any atom is -0.486 e. The zero-order valence-electron chi connectivity index (χ0n) is 11.5. The van der Waals surface area contributed by atoms with Crippen LogP contribution in [0.1, 0.15) is 23.2 Å². The number of rotatable bonds is 5. The molecule has 1 N–H and O–H groups in total. The third-order valence-corrected chi connectivity index (χ3v) is 2.95. The molecule has 2 heterocycles. The topological polar surface area (TPSA) is 69.9 Å². The highest BCUT2D eigenvalue weighted by Crippen LogP contribution is 2.35.